The van der Waals surface area contributed by atoms with Crippen LogP contribution < -0.4 is 16.4 Å². The van der Waals surface area contributed by atoms with Crippen LogP contribution in [0.25, 0.3) is 0 Å². The first-order chi connectivity index (χ1) is 16.4. The first-order valence-electron chi connectivity index (χ1n) is 13.6. The van der Waals surface area contributed by atoms with E-state index in [9.17, 15) is 9.90 Å². The summed E-state index contributed by atoms with van der Waals surface area (Å²) in [5.74, 6) is 1.17. The Kier molecular flexibility index (Phi) is 31.2. The molecule has 0 aliphatic rings. The molecule has 0 saturated heterocycles. The molecule has 1 aromatic carbocycles. The molecule has 0 aromatic heterocycles. The predicted octanol–water partition coefficient (Wildman–Crippen LogP) is 6.41. The second kappa shape index (κ2) is 27.0. The Hall–Kier alpha value is -1.63. The summed E-state index contributed by atoms with van der Waals surface area (Å²) in [4.78, 5) is 12.1. The SMILES string of the molecule is CC.CC.CC.CC(C)CN.CC(C)CNCC(O)C(Cc1ccccc1)NC(=O)OC(C)(C)C. The first-order valence-corrected chi connectivity index (χ1v) is 13.6. The highest BCUT2D eigenvalue weighted by molar-refractivity contribution is 5.68. The van der Waals surface area contributed by atoms with E-state index in [1.807, 2.05) is 92.6 Å². The van der Waals surface area contributed by atoms with Crippen molar-refractivity contribution < 1.29 is 14.6 Å². The van der Waals surface area contributed by atoms with Gasteiger partial charge < -0.3 is 26.2 Å². The molecule has 1 rings (SSSR count). The van der Waals surface area contributed by atoms with Gasteiger partial charge in [-0.3, -0.25) is 0 Å². The number of hydrogen-bond donors (Lipinski definition) is 4. The van der Waals surface area contributed by atoms with Crippen molar-refractivity contribution in [2.75, 3.05) is 19.6 Å². The molecule has 0 aliphatic carbocycles. The van der Waals surface area contributed by atoms with Crippen LogP contribution in [0.5, 0.6) is 0 Å². The summed E-state index contributed by atoms with van der Waals surface area (Å²) in [6, 6.07) is 9.39. The van der Waals surface area contributed by atoms with E-state index in [0.29, 0.717) is 24.8 Å². The Balaban J connectivity index is -0.000000373. The zero-order chi connectivity index (χ0) is 28.4. The second-order valence-corrected chi connectivity index (χ2v) is 9.19. The van der Waals surface area contributed by atoms with E-state index in [1.54, 1.807) is 0 Å². The van der Waals surface area contributed by atoms with Gasteiger partial charge in [-0.2, -0.15) is 0 Å². The lowest BCUT2D eigenvalue weighted by Crippen LogP contribution is -2.50. The zero-order valence-corrected chi connectivity index (χ0v) is 25.4. The maximum absolute atomic E-state index is 12.1. The van der Waals surface area contributed by atoms with Crippen LogP contribution in [-0.2, 0) is 11.2 Å². The lowest BCUT2D eigenvalue weighted by molar-refractivity contribution is 0.0422. The number of ether oxygens (including phenoxy) is 1. The van der Waals surface area contributed by atoms with E-state index in [0.717, 1.165) is 18.7 Å². The molecule has 35 heavy (non-hydrogen) atoms. The van der Waals surface area contributed by atoms with Gasteiger partial charge >= 0.3 is 6.09 Å². The van der Waals surface area contributed by atoms with Crippen molar-refractivity contribution in [3.63, 3.8) is 0 Å². The Labute approximate surface area is 218 Å². The highest BCUT2D eigenvalue weighted by Gasteiger charge is 2.24. The summed E-state index contributed by atoms with van der Waals surface area (Å²) in [5, 5.41) is 16.5. The normalized spacial score (nSPS) is 11.7. The molecule has 6 nitrogen and oxygen atoms in total. The van der Waals surface area contributed by atoms with Gasteiger partial charge in [0.05, 0.1) is 12.1 Å². The number of aliphatic hydroxyl groups is 1. The van der Waals surface area contributed by atoms with Gasteiger partial charge in [-0.05, 0) is 57.7 Å². The van der Waals surface area contributed by atoms with Gasteiger partial charge in [-0.15, -0.1) is 0 Å². The number of alkyl carbamates (subject to hydrolysis) is 1. The molecule has 0 aliphatic heterocycles. The molecule has 0 spiro atoms. The smallest absolute Gasteiger partial charge is 0.407 e. The van der Waals surface area contributed by atoms with Crippen molar-refractivity contribution in [3.8, 4) is 0 Å². The van der Waals surface area contributed by atoms with E-state index in [2.05, 4.69) is 38.3 Å². The fourth-order valence-corrected chi connectivity index (χ4v) is 2.27. The summed E-state index contributed by atoms with van der Waals surface area (Å²) in [6.45, 7) is 27.9. The Morgan fingerprint density at radius 1 is 0.914 bits per heavy atom. The second-order valence-electron chi connectivity index (χ2n) is 9.19. The molecule has 0 bridgehead atoms. The lowest BCUT2D eigenvalue weighted by atomic mass is 10.0. The summed E-state index contributed by atoms with van der Waals surface area (Å²) >= 11 is 0. The average Bonchev–Trinajstić information content (AvgIpc) is 2.82. The minimum absolute atomic E-state index is 0.415. The van der Waals surface area contributed by atoms with Crippen molar-refractivity contribution >= 4 is 6.09 Å². The molecule has 1 amide bonds. The topological polar surface area (TPSA) is 96.6 Å². The molecule has 1 aromatic rings. The van der Waals surface area contributed by atoms with Crippen molar-refractivity contribution in [2.45, 2.75) is 114 Å². The monoisotopic (exact) mass is 499 g/mol. The molecule has 6 heteroatoms. The number of nitrogens with one attached hydrogen (secondary N) is 2. The number of aliphatic hydroxyl groups excluding tert-OH is 1. The third-order valence-electron chi connectivity index (χ3n) is 3.84. The molecule has 0 fully saturated rings. The van der Waals surface area contributed by atoms with Crippen LogP contribution in [0.4, 0.5) is 4.79 Å². The maximum atomic E-state index is 12.1. The molecule has 5 N–H and O–H groups in total. The van der Waals surface area contributed by atoms with E-state index in [4.69, 9.17) is 10.5 Å². The molecule has 210 valence electrons. The molecule has 2 atom stereocenters. The number of rotatable bonds is 9. The van der Waals surface area contributed by atoms with Crippen LogP contribution in [0, 0.1) is 11.8 Å². The molecular weight excluding hydrogens is 438 g/mol. The van der Waals surface area contributed by atoms with E-state index < -0.39 is 23.8 Å². The van der Waals surface area contributed by atoms with Crippen molar-refractivity contribution in [1.82, 2.24) is 10.6 Å². The molecular formula is C29H61N3O3. The fourth-order valence-electron chi connectivity index (χ4n) is 2.27. The Bertz CT molecular complexity index is 544. The van der Waals surface area contributed by atoms with Gasteiger partial charge in [0, 0.05) is 6.54 Å². The van der Waals surface area contributed by atoms with E-state index >= 15 is 0 Å². The highest BCUT2D eigenvalue weighted by Crippen LogP contribution is 2.10. The first kappa shape index (κ1) is 40.5. The van der Waals surface area contributed by atoms with Gasteiger partial charge in [0.15, 0.2) is 0 Å². The highest BCUT2D eigenvalue weighted by atomic mass is 16.6. The van der Waals surface area contributed by atoms with Gasteiger partial charge in [0.2, 0.25) is 0 Å². The van der Waals surface area contributed by atoms with Crippen LogP contribution in [0.3, 0.4) is 0 Å². The van der Waals surface area contributed by atoms with E-state index in [1.165, 1.54) is 0 Å². The number of benzene rings is 1. The van der Waals surface area contributed by atoms with Gasteiger partial charge in [0.1, 0.15) is 5.60 Å². The Morgan fingerprint density at radius 2 is 1.37 bits per heavy atom. The number of carbonyl (C=O) groups is 1. The van der Waals surface area contributed by atoms with Crippen LogP contribution in [-0.4, -0.2) is 48.6 Å². The number of hydrogen-bond acceptors (Lipinski definition) is 5. The molecule has 0 saturated carbocycles. The number of carbonyl (C=O) groups excluding carboxylic acids is 1. The minimum Gasteiger partial charge on any atom is -0.444 e. The molecule has 0 radical (unpaired) electrons. The molecule has 0 heterocycles. The number of nitrogens with two attached hydrogens (primary N) is 1. The standard InChI is InChI=1S/C19H32N2O3.C4H11N.3C2H6/c1-14(2)12-20-13-17(22)16(11-15-9-7-6-8-10-15)21-18(23)24-19(3,4)5;1-4(2)3-5;3*1-2/h6-10,14,16-17,20,22H,11-13H2,1-5H3,(H,21,23);4H,3,5H2,1-2H3;3*1-2H3. The summed E-state index contributed by atoms with van der Waals surface area (Å²) in [6.07, 6.45) is -0.659. The van der Waals surface area contributed by atoms with Crippen LogP contribution >= 0.6 is 0 Å². The largest absolute Gasteiger partial charge is 0.444 e. The van der Waals surface area contributed by atoms with Gasteiger partial charge in [-0.1, -0.05) is 99.6 Å². The third-order valence-corrected chi connectivity index (χ3v) is 3.84. The predicted molar refractivity (Wildman–Crippen MR) is 155 cm³/mol. The third kappa shape index (κ3) is 30.3. The van der Waals surface area contributed by atoms with Crippen molar-refractivity contribution in [3.05, 3.63) is 35.9 Å². The van der Waals surface area contributed by atoms with E-state index in [-0.39, 0.29) is 0 Å². The van der Waals surface area contributed by atoms with Crippen LogP contribution in [0.15, 0.2) is 30.3 Å². The van der Waals surface area contributed by atoms with Gasteiger partial charge in [0.25, 0.3) is 0 Å². The van der Waals surface area contributed by atoms with Crippen molar-refractivity contribution in [2.24, 2.45) is 17.6 Å². The summed E-state index contributed by atoms with van der Waals surface area (Å²) in [5.41, 5.74) is 5.66. The minimum atomic E-state index is -0.698. The lowest BCUT2D eigenvalue weighted by Gasteiger charge is -2.27. The van der Waals surface area contributed by atoms with Gasteiger partial charge in [-0.25, -0.2) is 4.79 Å². The number of amides is 1. The average molecular weight is 500 g/mol. The zero-order valence-electron chi connectivity index (χ0n) is 25.4. The summed E-state index contributed by atoms with van der Waals surface area (Å²) in [7, 11) is 0. The van der Waals surface area contributed by atoms with Crippen LogP contribution in [0.1, 0.15) is 95.6 Å². The quantitative estimate of drug-likeness (QED) is 0.315. The van der Waals surface area contributed by atoms with Crippen molar-refractivity contribution in [1.29, 1.82) is 0 Å². The van der Waals surface area contributed by atoms with Crippen LogP contribution in [0.2, 0.25) is 0 Å². The fraction of sp³-hybridized carbons (Fsp3) is 0.759. The summed E-state index contributed by atoms with van der Waals surface area (Å²) < 4.78 is 5.32. The maximum Gasteiger partial charge on any atom is 0.407 e. The molecule has 2 unspecified atom stereocenters. The Morgan fingerprint density at radius 3 is 1.74 bits per heavy atom.